The first-order valence-electron chi connectivity index (χ1n) is 5.25. The van der Waals surface area contributed by atoms with E-state index in [1.807, 2.05) is 0 Å². The Morgan fingerprint density at radius 3 is 1.38 bits per heavy atom. The van der Waals surface area contributed by atoms with Crippen molar-refractivity contribution in [2.24, 2.45) is 0 Å². The maximum absolute atomic E-state index is 5.77. The molecule has 0 spiro atoms. The van der Waals surface area contributed by atoms with Gasteiger partial charge in [-0.1, -0.05) is 27.7 Å². The summed E-state index contributed by atoms with van der Waals surface area (Å²) < 4.78 is 10.7. The van der Waals surface area contributed by atoms with E-state index in [0.29, 0.717) is 0 Å². The monoisotopic (exact) mass is 220 g/mol. The first-order valence-corrected chi connectivity index (χ1v) is 7.57. The van der Waals surface area contributed by atoms with Crippen molar-refractivity contribution in [1.82, 2.24) is 9.13 Å². The lowest BCUT2D eigenvalue weighted by Crippen LogP contribution is -2.54. The van der Waals surface area contributed by atoms with Gasteiger partial charge in [0.25, 0.3) is 0 Å². The minimum atomic E-state index is -1.21. The zero-order chi connectivity index (χ0) is 10.3. The van der Waals surface area contributed by atoms with Gasteiger partial charge in [0.05, 0.1) is 0 Å². The van der Waals surface area contributed by atoms with Crippen LogP contribution < -0.4 is 0 Å². The number of nitrogens with zero attached hydrogens (tertiary/aromatic N) is 2. The molecule has 0 saturated heterocycles. The van der Waals surface area contributed by atoms with Gasteiger partial charge in [-0.05, 0) is 26.2 Å². The molecule has 0 bridgehead atoms. The standard InChI is InChI=1S/C8H24N2OSi2/c1-5-9(6-2)13(11-12)10(7-3)8-4/h13H,5-8H2,1-4,12H3. The molecule has 0 aromatic carbocycles. The van der Waals surface area contributed by atoms with Crippen LogP contribution in [0.25, 0.3) is 0 Å². The summed E-state index contributed by atoms with van der Waals surface area (Å²) in [5.41, 5.74) is 0. The van der Waals surface area contributed by atoms with E-state index in [-0.39, 0.29) is 0 Å². The van der Waals surface area contributed by atoms with Gasteiger partial charge < -0.3 is 4.12 Å². The fraction of sp³-hybridized carbons (Fsp3) is 1.00. The van der Waals surface area contributed by atoms with Gasteiger partial charge >= 0.3 is 9.36 Å². The zero-order valence-corrected chi connectivity index (χ0v) is 12.9. The second kappa shape index (κ2) is 7.69. The molecule has 0 aliphatic heterocycles. The van der Waals surface area contributed by atoms with Crippen molar-refractivity contribution in [3.63, 3.8) is 0 Å². The lowest BCUT2D eigenvalue weighted by atomic mass is 10.7. The van der Waals surface area contributed by atoms with E-state index in [2.05, 4.69) is 36.8 Å². The Bertz CT molecular complexity index is 107. The topological polar surface area (TPSA) is 15.7 Å². The van der Waals surface area contributed by atoms with Crippen molar-refractivity contribution >= 4 is 19.8 Å². The van der Waals surface area contributed by atoms with Crippen molar-refractivity contribution < 1.29 is 4.12 Å². The minimum Gasteiger partial charge on any atom is -0.444 e. The third-order valence-corrected chi connectivity index (χ3v) is 6.86. The largest absolute Gasteiger partial charge is 0.444 e. The van der Waals surface area contributed by atoms with Gasteiger partial charge in [-0.3, -0.25) is 9.13 Å². The van der Waals surface area contributed by atoms with Crippen LogP contribution in [0.3, 0.4) is 0 Å². The van der Waals surface area contributed by atoms with Gasteiger partial charge in [-0.25, -0.2) is 0 Å². The highest BCUT2D eigenvalue weighted by molar-refractivity contribution is 6.49. The van der Waals surface area contributed by atoms with Crippen molar-refractivity contribution in [1.29, 1.82) is 0 Å². The Morgan fingerprint density at radius 2 is 1.23 bits per heavy atom. The molecule has 0 fully saturated rings. The first kappa shape index (κ1) is 13.3. The number of hydrogen-bond acceptors (Lipinski definition) is 3. The van der Waals surface area contributed by atoms with Crippen molar-refractivity contribution in [2.45, 2.75) is 27.7 Å². The van der Waals surface area contributed by atoms with Gasteiger partial charge in [-0.15, -0.1) is 0 Å². The lowest BCUT2D eigenvalue weighted by Gasteiger charge is -2.34. The SMILES string of the molecule is CCN(CC)[SiH](O[SiH3])N(CC)CC. The van der Waals surface area contributed by atoms with E-state index < -0.39 is 9.36 Å². The molecule has 80 valence electrons. The molecule has 0 rings (SSSR count). The number of hydrogen-bond donors (Lipinski definition) is 0. The van der Waals surface area contributed by atoms with E-state index in [1.165, 1.54) is 0 Å². The molecule has 5 heteroatoms. The van der Waals surface area contributed by atoms with Crippen LogP contribution in [0, 0.1) is 0 Å². The number of rotatable bonds is 7. The molecule has 0 amide bonds. The molecule has 0 N–H and O–H groups in total. The zero-order valence-electron chi connectivity index (χ0n) is 9.71. The summed E-state index contributed by atoms with van der Waals surface area (Å²) in [6, 6.07) is 0. The van der Waals surface area contributed by atoms with Crippen LogP contribution in [-0.2, 0) is 4.12 Å². The van der Waals surface area contributed by atoms with E-state index in [1.54, 1.807) is 0 Å². The molecule has 3 nitrogen and oxygen atoms in total. The Morgan fingerprint density at radius 1 is 0.923 bits per heavy atom. The third kappa shape index (κ3) is 3.91. The average Bonchev–Trinajstić information content (AvgIpc) is 2.18. The smallest absolute Gasteiger partial charge is 0.329 e. The Hall–Kier alpha value is 0.314. The maximum Gasteiger partial charge on any atom is 0.329 e. The molecule has 0 aromatic rings. The summed E-state index contributed by atoms with van der Waals surface area (Å²) in [6.45, 7) is 13.3. The predicted octanol–water partition coefficient (Wildman–Crippen LogP) is -0.316. The maximum atomic E-state index is 5.77. The van der Waals surface area contributed by atoms with E-state index in [4.69, 9.17) is 4.12 Å². The van der Waals surface area contributed by atoms with Crippen molar-refractivity contribution in [2.75, 3.05) is 26.2 Å². The van der Waals surface area contributed by atoms with Crippen LogP contribution in [0.5, 0.6) is 0 Å². The highest BCUT2D eigenvalue weighted by atomic mass is 28.3. The third-order valence-electron chi connectivity index (χ3n) is 2.46. The molecule has 0 aliphatic carbocycles. The Balaban J connectivity index is 4.26. The van der Waals surface area contributed by atoms with Gasteiger partial charge in [0.1, 0.15) is 10.5 Å². The molecule has 0 heterocycles. The molecule has 0 unspecified atom stereocenters. The lowest BCUT2D eigenvalue weighted by molar-refractivity contribution is 0.306. The van der Waals surface area contributed by atoms with Gasteiger partial charge in [0, 0.05) is 0 Å². The Kier molecular flexibility index (Phi) is 7.88. The molecule has 13 heavy (non-hydrogen) atoms. The first-order chi connectivity index (χ1) is 6.24. The highest BCUT2D eigenvalue weighted by Crippen LogP contribution is 2.01. The summed E-state index contributed by atoms with van der Waals surface area (Å²) in [5.74, 6) is 0. The average molecular weight is 220 g/mol. The summed E-state index contributed by atoms with van der Waals surface area (Å²) in [7, 11) is -0.350. The normalized spacial score (nSPS) is 12.2. The summed E-state index contributed by atoms with van der Waals surface area (Å²) in [4.78, 5) is 0. The molecular formula is C8H24N2OSi2. The van der Waals surface area contributed by atoms with Gasteiger partial charge in [0.15, 0.2) is 0 Å². The summed E-state index contributed by atoms with van der Waals surface area (Å²) in [6.07, 6.45) is 0. The van der Waals surface area contributed by atoms with E-state index >= 15 is 0 Å². The quantitative estimate of drug-likeness (QED) is 0.547. The van der Waals surface area contributed by atoms with Gasteiger partial charge in [-0.2, -0.15) is 0 Å². The molecule has 0 aromatic heterocycles. The second-order valence-corrected chi connectivity index (χ2v) is 7.00. The van der Waals surface area contributed by atoms with Crippen LogP contribution in [0.4, 0.5) is 0 Å². The molecule has 0 aliphatic rings. The van der Waals surface area contributed by atoms with E-state index in [0.717, 1.165) is 36.7 Å². The van der Waals surface area contributed by atoms with Crippen LogP contribution in [0.1, 0.15) is 27.7 Å². The molecule has 0 saturated carbocycles. The molecule has 0 radical (unpaired) electrons. The molecular weight excluding hydrogens is 196 g/mol. The van der Waals surface area contributed by atoms with E-state index in [9.17, 15) is 0 Å². The fourth-order valence-corrected chi connectivity index (χ4v) is 5.70. The summed E-state index contributed by atoms with van der Waals surface area (Å²) in [5, 5.41) is 0. The second-order valence-electron chi connectivity index (χ2n) is 3.00. The highest BCUT2D eigenvalue weighted by Gasteiger charge is 2.23. The van der Waals surface area contributed by atoms with Crippen LogP contribution in [0.2, 0.25) is 0 Å². The van der Waals surface area contributed by atoms with Crippen LogP contribution in [-0.4, -0.2) is 55.2 Å². The minimum absolute atomic E-state index is 0.865. The fourth-order valence-electron chi connectivity index (χ4n) is 1.60. The van der Waals surface area contributed by atoms with Crippen molar-refractivity contribution in [3.8, 4) is 0 Å². The summed E-state index contributed by atoms with van der Waals surface area (Å²) >= 11 is 0. The molecule has 0 atom stereocenters. The van der Waals surface area contributed by atoms with Crippen LogP contribution in [0.15, 0.2) is 0 Å². The van der Waals surface area contributed by atoms with Crippen molar-refractivity contribution in [3.05, 3.63) is 0 Å². The Labute approximate surface area is 87.5 Å². The van der Waals surface area contributed by atoms with Gasteiger partial charge in [0.2, 0.25) is 0 Å². The van der Waals surface area contributed by atoms with Crippen LogP contribution >= 0.6 is 0 Å². The predicted molar refractivity (Wildman–Crippen MR) is 64.0 cm³/mol.